The summed E-state index contributed by atoms with van der Waals surface area (Å²) in [4.78, 5) is 2.53. The Labute approximate surface area is 120 Å². The van der Waals surface area contributed by atoms with Crippen LogP contribution in [0.4, 0.5) is 0 Å². The van der Waals surface area contributed by atoms with Crippen molar-refractivity contribution in [3.8, 4) is 0 Å². The van der Waals surface area contributed by atoms with E-state index in [9.17, 15) is 0 Å². The van der Waals surface area contributed by atoms with Gasteiger partial charge in [-0.3, -0.25) is 4.90 Å². The second-order valence-corrected chi connectivity index (χ2v) is 5.24. The number of hydrogen-bond acceptors (Lipinski definition) is 4. The Bertz CT molecular complexity index is 461. The van der Waals surface area contributed by atoms with Crippen molar-refractivity contribution < 1.29 is 5.21 Å². The minimum atomic E-state index is 0.153. The molecule has 1 unspecified atom stereocenters. The van der Waals surface area contributed by atoms with E-state index in [0.717, 1.165) is 30.8 Å². The quantitative estimate of drug-likeness (QED) is 0.317. The third kappa shape index (κ3) is 3.71. The van der Waals surface area contributed by atoms with Gasteiger partial charge in [-0.2, -0.15) is 0 Å². The van der Waals surface area contributed by atoms with Gasteiger partial charge in [-0.15, -0.1) is 0 Å². The highest BCUT2D eigenvalue weighted by atomic mass is 16.4. The molecule has 5 nitrogen and oxygen atoms in total. The zero-order valence-electron chi connectivity index (χ0n) is 12.0. The number of likely N-dealkylation sites (N-methyl/N-ethyl adjacent to an activating group) is 1. The number of oxime groups is 1. The van der Waals surface area contributed by atoms with E-state index in [1.807, 2.05) is 24.3 Å². The maximum absolute atomic E-state index is 8.70. The molecule has 5 heteroatoms. The van der Waals surface area contributed by atoms with Gasteiger partial charge in [0.1, 0.15) is 0 Å². The first-order chi connectivity index (χ1) is 9.74. The van der Waals surface area contributed by atoms with Crippen molar-refractivity contribution in [3.63, 3.8) is 0 Å². The van der Waals surface area contributed by atoms with Crippen LogP contribution in [-0.2, 0) is 6.54 Å². The predicted octanol–water partition coefficient (Wildman–Crippen LogP) is 1.35. The van der Waals surface area contributed by atoms with Crippen LogP contribution in [0, 0.1) is 0 Å². The van der Waals surface area contributed by atoms with E-state index >= 15 is 0 Å². The van der Waals surface area contributed by atoms with E-state index in [1.54, 1.807) is 0 Å². The molecule has 0 aliphatic carbocycles. The molecule has 4 N–H and O–H groups in total. The largest absolute Gasteiger partial charge is 0.409 e. The fourth-order valence-electron chi connectivity index (χ4n) is 2.82. The fraction of sp³-hybridized carbons (Fsp3) is 0.533. The molecule has 1 aromatic rings. The van der Waals surface area contributed by atoms with E-state index in [0.29, 0.717) is 6.04 Å². The summed E-state index contributed by atoms with van der Waals surface area (Å²) in [6, 6.07) is 8.43. The summed E-state index contributed by atoms with van der Waals surface area (Å²) >= 11 is 0. The number of nitrogens with zero attached hydrogens (tertiary/aromatic N) is 2. The third-order valence-electron chi connectivity index (χ3n) is 3.94. The molecular formula is C15H24N4O. The van der Waals surface area contributed by atoms with Crippen molar-refractivity contribution in [2.75, 3.05) is 19.6 Å². The zero-order chi connectivity index (χ0) is 14.4. The standard InChI is InChI=1S/C15H24N4O/c1-2-19-8-4-7-14(19)11-17-10-12-5-3-6-13(9-12)15(16)18-20/h3,5-6,9,14,17,20H,2,4,7-8,10-11H2,1H3,(H2,16,18). The molecular weight excluding hydrogens is 252 g/mol. The molecule has 0 spiro atoms. The highest BCUT2D eigenvalue weighted by molar-refractivity contribution is 5.97. The minimum absolute atomic E-state index is 0.153. The highest BCUT2D eigenvalue weighted by Crippen LogP contribution is 2.15. The summed E-state index contributed by atoms with van der Waals surface area (Å²) in [6.45, 7) is 6.40. The Morgan fingerprint density at radius 1 is 1.55 bits per heavy atom. The number of benzene rings is 1. The Balaban J connectivity index is 1.85. The maximum atomic E-state index is 8.70. The second kappa shape index (κ2) is 7.26. The highest BCUT2D eigenvalue weighted by Gasteiger charge is 2.21. The molecule has 0 radical (unpaired) electrons. The van der Waals surface area contributed by atoms with Gasteiger partial charge in [-0.1, -0.05) is 30.3 Å². The Morgan fingerprint density at radius 2 is 2.40 bits per heavy atom. The number of nitrogens with two attached hydrogens (primary N) is 1. The molecule has 0 bridgehead atoms. The molecule has 1 atom stereocenters. The number of hydrogen-bond donors (Lipinski definition) is 3. The van der Waals surface area contributed by atoms with E-state index in [2.05, 4.69) is 22.3 Å². The lowest BCUT2D eigenvalue weighted by molar-refractivity contribution is 0.260. The van der Waals surface area contributed by atoms with Crippen LogP contribution >= 0.6 is 0 Å². The molecule has 0 saturated carbocycles. The monoisotopic (exact) mass is 276 g/mol. The van der Waals surface area contributed by atoms with Crippen molar-refractivity contribution >= 4 is 5.84 Å². The van der Waals surface area contributed by atoms with E-state index in [4.69, 9.17) is 10.9 Å². The van der Waals surface area contributed by atoms with Gasteiger partial charge in [0, 0.05) is 24.7 Å². The molecule has 2 rings (SSSR count). The molecule has 110 valence electrons. The summed E-state index contributed by atoms with van der Waals surface area (Å²) in [5.41, 5.74) is 7.50. The summed E-state index contributed by atoms with van der Waals surface area (Å²) in [7, 11) is 0. The van der Waals surface area contributed by atoms with Crippen molar-refractivity contribution in [1.29, 1.82) is 0 Å². The van der Waals surface area contributed by atoms with Gasteiger partial charge >= 0.3 is 0 Å². The molecule has 1 aromatic carbocycles. The molecule has 1 saturated heterocycles. The van der Waals surface area contributed by atoms with Crippen molar-refractivity contribution in [2.45, 2.75) is 32.4 Å². The van der Waals surface area contributed by atoms with Crippen molar-refractivity contribution in [2.24, 2.45) is 10.9 Å². The first-order valence-corrected chi connectivity index (χ1v) is 7.26. The van der Waals surface area contributed by atoms with E-state index < -0.39 is 0 Å². The summed E-state index contributed by atoms with van der Waals surface area (Å²) in [5.74, 6) is 0.153. The summed E-state index contributed by atoms with van der Waals surface area (Å²) in [5, 5.41) is 15.2. The number of rotatable bonds is 6. The van der Waals surface area contributed by atoms with Gasteiger partial charge in [0.2, 0.25) is 0 Å². The number of likely N-dealkylation sites (tertiary alicyclic amines) is 1. The topological polar surface area (TPSA) is 73.9 Å². The predicted molar refractivity (Wildman–Crippen MR) is 80.9 cm³/mol. The smallest absolute Gasteiger partial charge is 0.170 e. The Hall–Kier alpha value is -1.59. The average Bonchev–Trinajstić information content (AvgIpc) is 2.94. The van der Waals surface area contributed by atoms with Crippen LogP contribution in [0.25, 0.3) is 0 Å². The Morgan fingerprint density at radius 3 is 3.15 bits per heavy atom. The van der Waals surface area contributed by atoms with Crippen LogP contribution < -0.4 is 11.1 Å². The van der Waals surface area contributed by atoms with Gasteiger partial charge < -0.3 is 16.3 Å². The van der Waals surface area contributed by atoms with Gasteiger partial charge in [0.05, 0.1) is 0 Å². The maximum Gasteiger partial charge on any atom is 0.170 e. The van der Waals surface area contributed by atoms with E-state index in [1.165, 1.54) is 19.4 Å². The van der Waals surface area contributed by atoms with Gasteiger partial charge in [-0.25, -0.2) is 0 Å². The van der Waals surface area contributed by atoms with Gasteiger partial charge in [0.25, 0.3) is 0 Å². The SMILES string of the molecule is CCN1CCCC1CNCc1cccc(C(N)=NO)c1. The lowest BCUT2D eigenvalue weighted by Crippen LogP contribution is -2.37. The third-order valence-corrected chi connectivity index (χ3v) is 3.94. The lowest BCUT2D eigenvalue weighted by Gasteiger charge is -2.23. The second-order valence-electron chi connectivity index (χ2n) is 5.24. The zero-order valence-corrected chi connectivity index (χ0v) is 12.0. The Kier molecular flexibility index (Phi) is 5.38. The molecule has 0 aromatic heterocycles. The van der Waals surface area contributed by atoms with Gasteiger partial charge in [0.15, 0.2) is 5.84 Å². The molecule has 1 fully saturated rings. The van der Waals surface area contributed by atoms with Crippen molar-refractivity contribution in [1.82, 2.24) is 10.2 Å². The first kappa shape index (κ1) is 14.8. The van der Waals surface area contributed by atoms with Crippen LogP contribution in [-0.4, -0.2) is 41.6 Å². The molecule has 1 heterocycles. The van der Waals surface area contributed by atoms with Crippen molar-refractivity contribution in [3.05, 3.63) is 35.4 Å². The van der Waals surface area contributed by atoms with Crippen LogP contribution in [0.2, 0.25) is 0 Å². The fourth-order valence-corrected chi connectivity index (χ4v) is 2.82. The normalized spacial score (nSPS) is 20.4. The summed E-state index contributed by atoms with van der Waals surface area (Å²) < 4.78 is 0. The average molecular weight is 276 g/mol. The van der Waals surface area contributed by atoms with Crippen LogP contribution in [0.1, 0.15) is 30.9 Å². The lowest BCUT2D eigenvalue weighted by atomic mass is 10.1. The molecule has 1 aliphatic heterocycles. The molecule has 20 heavy (non-hydrogen) atoms. The first-order valence-electron chi connectivity index (χ1n) is 7.26. The number of amidine groups is 1. The van der Waals surface area contributed by atoms with Crippen LogP contribution in [0.15, 0.2) is 29.4 Å². The molecule has 1 aliphatic rings. The summed E-state index contributed by atoms with van der Waals surface area (Å²) in [6.07, 6.45) is 2.59. The molecule has 0 amide bonds. The van der Waals surface area contributed by atoms with Gasteiger partial charge in [-0.05, 0) is 37.6 Å². The number of nitrogens with one attached hydrogen (secondary N) is 1. The van der Waals surface area contributed by atoms with Crippen LogP contribution in [0.3, 0.4) is 0 Å². The minimum Gasteiger partial charge on any atom is -0.409 e. The van der Waals surface area contributed by atoms with Crippen LogP contribution in [0.5, 0.6) is 0 Å². The van der Waals surface area contributed by atoms with E-state index in [-0.39, 0.29) is 5.84 Å².